The summed E-state index contributed by atoms with van der Waals surface area (Å²) in [6, 6.07) is 0. The van der Waals surface area contributed by atoms with Gasteiger partial charge in [0.15, 0.2) is 9.84 Å². The Balaban J connectivity index is 2.41. The molecule has 0 saturated heterocycles. The molecule has 0 amide bonds. The maximum atomic E-state index is 11.1. The summed E-state index contributed by atoms with van der Waals surface area (Å²) in [7, 11) is -2.01. The first kappa shape index (κ1) is 9.51. The highest BCUT2D eigenvalue weighted by Crippen LogP contribution is 2.30. The van der Waals surface area contributed by atoms with Crippen LogP contribution in [-0.2, 0) is 19.4 Å². The average Bonchev–Trinajstić information content (AvgIpc) is 2.69. The molecule has 0 aromatic heterocycles. The van der Waals surface area contributed by atoms with Gasteiger partial charge >= 0.3 is 5.97 Å². The summed E-state index contributed by atoms with van der Waals surface area (Å²) in [5.74, 6) is -0.711. The van der Waals surface area contributed by atoms with E-state index in [4.69, 9.17) is 0 Å². The van der Waals surface area contributed by atoms with Crippen molar-refractivity contribution in [2.75, 3.05) is 18.6 Å². The highest BCUT2D eigenvalue weighted by molar-refractivity contribution is 7.92. The molecule has 1 aliphatic carbocycles. The van der Waals surface area contributed by atoms with Crippen LogP contribution in [0.1, 0.15) is 12.8 Å². The zero-order valence-corrected chi connectivity index (χ0v) is 7.76. The molecule has 5 heteroatoms. The molecular weight excluding hydrogens is 180 g/mol. The first-order valence-electron chi connectivity index (χ1n) is 3.81. The molecule has 0 aliphatic heterocycles. The first-order chi connectivity index (χ1) is 5.53. The van der Waals surface area contributed by atoms with Gasteiger partial charge in [-0.1, -0.05) is 0 Å². The van der Waals surface area contributed by atoms with Gasteiger partial charge in [0.2, 0.25) is 0 Å². The normalized spacial score (nSPS) is 17.4. The number of hydrogen-bond donors (Lipinski definition) is 0. The van der Waals surface area contributed by atoms with Gasteiger partial charge in [0.25, 0.3) is 0 Å². The molecule has 1 aliphatic rings. The topological polar surface area (TPSA) is 60.4 Å². The van der Waals surface area contributed by atoms with Crippen LogP contribution < -0.4 is 0 Å². The maximum absolute atomic E-state index is 11.1. The molecule has 0 spiro atoms. The monoisotopic (exact) mass is 192 g/mol. The Bertz CT molecular complexity index is 263. The summed E-state index contributed by atoms with van der Waals surface area (Å²) in [4.78, 5) is 10.6. The lowest BCUT2D eigenvalue weighted by atomic mass is 10.5. The lowest BCUT2D eigenvalue weighted by Crippen LogP contribution is -2.20. The fraction of sp³-hybridized carbons (Fsp3) is 0.857. The molecule has 1 saturated carbocycles. The fourth-order valence-electron chi connectivity index (χ4n) is 0.941. The Morgan fingerprint density at radius 1 is 1.50 bits per heavy atom. The van der Waals surface area contributed by atoms with Gasteiger partial charge in [0, 0.05) is 0 Å². The van der Waals surface area contributed by atoms with E-state index in [1.165, 1.54) is 7.11 Å². The quantitative estimate of drug-likeness (QED) is 0.587. The zero-order chi connectivity index (χ0) is 9.19. The van der Waals surface area contributed by atoms with Crippen molar-refractivity contribution in [3.63, 3.8) is 0 Å². The highest BCUT2D eigenvalue weighted by Gasteiger charge is 2.29. The first-order valence-corrected chi connectivity index (χ1v) is 5.63. The molecule has 0 radical (unpaired) electrons. The van der Waals surface area contributed by atoms with E-state index in [9.17, 15) is 13.2 Å². The second kappa shape index (κ2) is 3.43. The van der Waals surface area contributed by atoms with Gasteiger partial charge in [0.05, 0.1) is 12.9 Å². The minimum absolute atomic E-state index is 0.141. The van der Waals surface area contributed by atoms with Gasteiger partial charge in [-0.2, -0.15) is 0 Å². The van der Waals surface area contributed by atoms with Crippen molar-refractivity contribution in [1.82, 2.24) is 0 Å². The van der Waals surface area contributed by atoms with Crippen molar-refractivity contribution in [2.24, 2.45) is 5.92 Å². The van der Waals surface area contributed by atoms with Crippen LogP contribution in [0, 0.1) is 5.92 Å². The van der Waals surface area contributed by atoms with E-state index >= 15 is 0 Å². The number of carbonyl (C=O) groups is 1. The average molecular weight is 192 g/mol. The highest BCUT2D eigenvalue weighted by atomic mass is 32.2. The van der Waals surface area contributed by atoms with E-state index in [-0.39, 0.29) is 5.75 Å². The Morgan fingerprint density at radius 3 is 2.50 bits per heavy atom. The molecule has 0 aromatic carbocycles. The van der Waals surface area contributed by atoms with Crippen molar-refractivity contribution in [1.29, 1.82) is 0 Å². The van der Waals surface area contributed by atoms with Gasteiger partial charge in [0.1, 0.15) is 5.75 Å². The fourth-order valence-corrected chi connectivity index (χ4v) is 2.59. The molecule has 0 aromatic rings. The van der Waals surface area contributed by atoms with E-state index in [0.717, 1.165) is 12.8 Å². The van der Waals surface area contributed by atoms with Crippen LogP contribution in [0.4, 0.5) is 0 Å². The van der Waals surface area contributed by atoms with E-state index < -0.39 is 21.6 Å². The Morgan fingerprint density at radius 2 is 2.08 bits per heavy atom. The number of ether oxygens (including phenoxy) is 1. The van der Waals surface area contributed by atoms with Gasteiger partial charge in [-0.25, -0.2) is 8.42 Å². The minimum atomic E-state index is -3.20. The van der Waals surface area contributed by atoms with Crippen LogP contribution in [-0.4, -0.2) is 33.0 Å². The number of hydrogen-bond acceptors (Lipinski definition) is 4. The molecule has 1 rings (SSSR count). The molecule has 0 heterocycles. The van der Waals surface area contributed by atoms with Crippen molar-refractivity contribution in [3.8, 4) is 0 Å². The summed E-state index contributed by atoms with van der Waals surface area (Å²) >= 11 is 0. The minimum Gasteiger partial charge on any atom is -0.468 e. The SMILES string of the molecule is COC(=O)CS(=O)(=O)CC1CC1. The lowest BCUT2D eigenvalue weighted by Gasteiger charge is -2.00. The third-order valence-electron chi connectivity index (χ3n) is 1.75. The molecular formula is C7H12O4S. The van der Waals surface area contributed by atoms with Crippen molar-refractivity contribution in [3.05, 3.63) is 0 Å². The van der Waals surface area contributed by atoms with Crippen LogP contribution in [0.15, 0.2) is 0 Å². The lowest BCUT2D eigenvalue weighted by molar-refractivity contribution is -0.137. The third-order valence-corrected chi connectivity index (χ3v) is 3.41. The summed E-state index contributed by atoms with van der Waals surface area (Å²) in [6.45, 7) is 0. The maximum Gasteiger partial charge on any atom is 0.320 e. The Hall–Kier alpha value is -0.580. The number of methoxy groups -OCH3 is 1. The smallest absolute Gasteiger partial charge is 0.320 e. The second-order valence-corrected chi connectivity index (χ2v) is 5.18. The number of rotatable bonds is 4. The van der Waals surface area contributed by atoms with Crippen LogP contribution >= 0.6 is 0 Å². The van der Waals surface area contributed by atoms with Gasteiger partial charge in [-0.05, 0) is 18.8 Å². The molecule has 1 fully saturated rings. The molecule has 0 atom stereocenters. The van der Waals surface area contributed by atoms with Crippen LogP contribution in [0.2, 0.25) is 0 Å². The number of sulfone groups is 1. The molecule has 70 valence electrons. The Labute approximate surface area is 71.8 Å². The summed E-state index contributed by atoms with van der Waals surface area (Å²) < 4.78 is 26.6. The summed E-state index contributed by atoms with van der Waals surface area (Å²) in [5, 5.41) is 0. The number of esters is 1. The van der Waals surface area contributed by atoms with Crippen molar-refractivity contribution >= 4 is 15.8 Å². The van der Waals surface area contributed by atoms with E-state index in [0.29, 0.717) is 5.92 Å². The molecule has 0 N–H and O–H groups in total. The largest absolute Gasteiger partial charge is 0.468 e. The van der Waals surface area contributed by atoms with Crippen LogP contribution in [0.5, 0.6) is 0 Å². The second-order valence-electron chi connectivity index (χ2n) is 3.07. The zero-order valence-electron chi connectivity index (χ0n) is 6.95. The van der Waals surface area contributed by atoms with Gasteiger partial charge < -0.3 is 4.74 Å². The molecule has 12 heavy (non-hydrogen) atoms. The van der Waals surface area contributed by atoms with E-state index in [1.54, 1.807) is 0 Å². The summed E-state index contributed by atoms with van der Waals surface area (Å²) in [5.41, 5.74) is 0. The Kier molecular flexibility index (Phi) is 2.72. The van der Waals surface area contributed by atoms with E-state index in [2.05, 4.69) is 4.74 Å². The predicted octanol–water partition coefficient (Wildman–Crippen LogP) is -0.0158. The van der Waals surface area contributed by atoms with E-state index in [1.807, 2.05) is 0 Å². The molecule has 0 unspecified atom stereocenters. The van der Waals surface area contributed by atoms with Crippen LogP contribution in [0.25, 0.3) is 0 Å². The third kappa shape index (κ3) is 3.21. The number of carbonyl (C=O) groups excluding carboxylic acids is 1. The predicted molar refractivity (Wildman–Crippen MR) is 43.4 cm³/mol. The standard InChI is InChI=1S/C7H12O4S/c1-11-7(8)5-12(9,10)4-6-2-3-6/h6H,2-5H2,1H3. The van der Waals surface area contributed by atoms with Gasteiger partial charge in [-0.3, -0.25) is 4.79 Å². The molecule has 0 bridgehead atoms. The molecule has 4 nitrogen and oxygen atoms in total. The van der Waals surface area contributed by atoms with Crippen LogP contribution in [0.3, 0.4) is 0 Å². The van der Waals surface area contributed by atoms with Crippen molar-refractivity contribution < 1.29 is 17.9 Å². The van der Waals surface area contributed by atoms with Crippen molar-refractivity contribution in [2.45, 2.75) is 12.8 Å². The van der Waals surface area contributed by atoms with Gasteiger partial charge in [-0.15, -0.1) is 0 Å². The summed E-state index contributed by atoms with van der Waals surface area (Å²) in [6.07, 6.45) is 1.95.